The number of rotatable bonds is 5. The molecule has 8 heteroatoms. The van der Waals surface area contributed by atoms with E-state index in [1.807, 2.05) is 26.0 Å². The van der Waals surface area contributed by atoms with Crippen LogP contribution in [0.2, 0.25) is 5.02 Å². The van der Waals surface area contributed by atoms with E-state index >= 15 is 0 Å². The molecule has 1 saturated heterocycles. The minimum absolute atomic E-state index is 0.150. The number of aromatic nitrogens is 1. The van der Waals surface area contributed by atoms with Crippen LogP contribution in [0.4, 0.5) is 5.82 Å². The van der Waals surface area contributed by atoms with Crippen molar-refractivity contribution >= 4 is 29.2 Å². The monoisotopic (exact) mass is 445 g/mol. The van der Waals surface area contributed by atoms with Crippen LogP contribution < -0.4 is 10.1 Å². The van der Waals surface area contributed by atoms with Crippen LogP contribution in [0.1, 0.15) is 47.7 Å². The first-order chi connectivity index (χ1) is 14.7. The highest BCUT2D eigenvalue weighted by Crippen LogP contribution is 2.29. The molecule has 2 heterocycles. The fraction of sp³-hybridized carbons (Fsp3) is 0.435. The first kappa shape index (κ1) is 23.0. The summed E-state index contributed by atoms with van der Waals surface area (Å²) < 4.78 is 5.89. The Hall–Kier alpha value is -2.64. The first-order valence-electron chi connectivity index (χ1n) is 10.3. The molecular formula is C23H28ClN3O4. The van der Waals surface area contributed by atoms with Gasteiger partial charge in [-0.3, -0.25) is 9.59 Å². The Labute approximate surface area is 187 Å². The SMILES string of the molecule is CC(=O)Nc1cc(C(=O)N2CCCC(O)(COc3cc(C)c(Cl)c(C)c3)CC2)ccn1. The van der Waals surface area contributed by atoms with Crippen LogP contribution in [0.5, 0.6) is 5.75 Å². The molecule has 1 atom stereocenters. The lowest BCUT2D eigenvalue weighted by molar-refractivity contribution is -0.114. The molecule has 7 nitrogen and oxygen atoms in total. The number of hydrogen-bond donors (Lipinski definition) is 2. The summed E-state index contributed by atoms with van der Waals surface area (Å²) in [4.78, 5) is 30.0. The number of aryl methyl sites for hydroxylation is 2. The molecule has 2 N–H and O–H groups in total. The maximum atomic E-state index is 12.9. The molecule has 1 unspecified atom stereocenters. The summed E-state index contributed by atoms with van der Waals surface area (Å²) in [6, 6.07) is 6.91. The molecule has 1 aliphatic rings. The summed E-state index contributed by atoms with van der Waals surface area (Å²) in [5, 5.41) is 14.4. The predicted molar refractivity (Wildman–Crippen MR) is 120 cm³/mol. The Kier molecular flexibility index (Phi) is 7.18. The Morgan fingerprint density at radius 3 is 2.61 bits per heavy atom. The van der Waals surface area contributed by atoms with E-state index in [0.717, 1.165) is 11.1 Å². The Balaban J connectivity index is 1.63. The summed E-state index contributed by atoms with van der Waals surface area (Å²) in [7, 11) is 0. The van der Waals surface area contributed by atoms with Gasteiger partial charge in [0.2, 0.25) is 5.91 Å². The lowest BCUT2D eigenvalue weighted by atomic mass is 9.96. The molecule has 2 amide bonds. The van der Waals surface area contributed by atoms with Crippen molar-refractivity contribution in [2.75, 3.05) is 25.0 Å². The van der Waals surface area contributed by atoms with Gasteiger partial charge in [-0.1, -0.05) is 11.6 Å². The minimum Gasteiger partial charge on any atom is -0.491 e. The number of carbonyl (C=O) groups excluding carboxylic acids is 2. The van der Waals surface area contributed by atoms with Crippen molar-refractivity contribution in [2.24, 2.45) is 0 Å². The zero-order valence-electron chi connectivity index (χ0n) is 18.1. The van der Waals surface area contributed by atoms with E-state index < -0.39 is 5.60 Å². The third-order valence-corrected chi connectivity index (χ3v) is 6.03. The highest BCUT2D eigenvalue weighted by atomic mass is 35.5. The standard InChI is InChI=1S/C23H28ClN3O4/c1-15-11-19(12-16(2)21(15)24)31-14-23(30)6-4-9-27(10-7-23)22(29)18-5-8-25-20(13-18)26-17(3)28/h5,8,11-13,30H,4,6-7,9-10,14H2,1-3H3,(H,25,26,28). The average Bonchev–Trinajstić information content (AvgIpc) is 2.92. The van der Waals surface area contributed by atoms with E-state index in [1.165, 1.54) is 13.1 Å². The number of anilines is 1. The number of nitrogens with one attached hydrogen (secondary N) is 1. The molecule has 166 valence electrons. The smallest absolute Gasteiger partial charge is 0.254 e. The van der Waals surface area contributed by atoms with Gasteiger partial charge in [-0.15, -0.1) is 0 Å². The van der Waals surface area contributed by atoms with Crippen molar-refractivity contribution in [1.82, 2.24) is 9.88 Å². The number of pyridine rings is 1. The van der Waals surface area contributed by atoms with Crippen molar-refractivity contribution in [3.05, 3.63) is 52.2 Å². The predicted octanol–water partition coefficient (Wildman–Crippen LogP) is 3.75. The third kappa shape index (κ3) is 5.95. The molecule has 1 aromatic carbocycles. The molecule has 1 fully saturated rings. The number of aliphatic hydroxyl groups is 1. The quantitative estimate of drug-likeness (QED) is 0.731. The van der Waals surface area contributed by atoms with Crippen molar-refractivity contribution in [1.29, 1.82) is 0 Å². The number of ether oxygens (including phenoxy) is 1. The van der Waals surface area contributed by atoms with Gasteiger partial charge in [0.25, 0.3) is 5.91 Å². The fourth-order valence-corrected chi connectivity index (χ4v) is 3.84. The molecule has 0 bridgehead atoms. The molecule has 31 heavy (non-hydrogen) atoms. The van der Waals surface area contributed by atoms with Crippen LogP contribution >= 0.6 is 11.6 Å². The van der Waals surface area contributed by atoms with E-state index in [9.17, 15) is 14.7 Å². The van der Waals surface area contributed by atoms with Crippen molar-refractivity contribution in [3.8, 4) is 5.75 Å². The first-order valence-corrected chi connectivity index (χ1v) is 10.7. The van der Waals surface area contributed by atoms with Crippen LogP contribution in [0.15, 0.2) is 30.5 Å². The number of halogens is 1. The van der Waals surface area contributed by atoms with Gasteiger partial charge in [-0.2, -0.15) is 0 Å². The van der Waals surface area contributed by atoms with Crippen LogP contribution in [0, 0.1) is 13.8 Å². The van der Waals surface area contributed by atoms with Gasteiger partial charge in [0.15, 0.2) is 0 Å². The summed E-state index contributed by atoms with van der Waals surface area (Å²) in [6.45, 7) is 6.33. The summed E-state index contributed by atoms with van der Waals surface area (Å²) in [5.74, 6) is 0.616. The highest BCUT2D eigenvalue weighted by molar-refractivity contribution is 6.32. The van der Waals surface area contributed by atoms with Gasteiger partial charge in [-0.25, -0.2) is 4.98 Å². The van der Waals surface area contributed by atoms with Gasteiger partial charge in [-0.05, 0) is 68.5 Å². The van der Waals surface area contributed by atoms with Crippen LogP contribution in [0.3, 0.4) is 0 Å². The second-order valence-electron chi connectivity index (χ2n) is 8.14. The van der Waals surface area contributed by atoms with E-state index in [-0.39, 0.29) is 18.4 Å². The van der Waals surface area contributed by atoms with Crippen LogP contribution in [-0.2, 0) is 4.79 Å². The van der Waals surface area contributed by atoms with Gasteiger partial charge in [0.1, 0.15) is 23.8 Å². The number of nitrogens with zero attached hydrogens (tertiary/aromatic N) is 2. The molecule has 0 saturated carbocycles. The largest absolute Gasteiger partial charge is 0.491 e. The van der Waals surface area contributed by atoms with Gasteiger partial charge >= 0.3 is 0 Å². The van der Waals surface area contributed by atoms with Crippen LogP contribution in [-0.4, -0.2) is 52.1 Å². The zero-order chi connectivity index (χ0) is 22.6. The average molecular weight is 446 g/mol. The minimum atomic E-state index is -1.02. The molecule has 0 aliphatic carbocycles. The van der Waals surface area contributed by atoms with E-state index in [0.29, 0.717) is 54.5 Å². The summed E-state index contributed by atoms with van der Waals surface area (Å²) in [5.41, 5.74) is 1.29. The molecule has 0 spiro atoms. The maximum Gasteiger partial charge on any atom is 0.254 e. The maximum absolute atomic E-state index is 12.9. The van der Waals surface area contributed by atoms with Crippen molar-refractivity contribution < 1.29 is 19.4 Å². The second-order valence-corrected chi connectivity index (χ2v) is 8.52. The normalized spacial score (nSPS) is 18.9. The lowest BCUT2D eigenvalue weighted by Crippen LogP contribution is -2.38. The van der Waals surface area contributed by atoms with Crippen molar-refractivity contribution in [2.45, 2.75) is 45.6 Å². The highest BCUT2D eigenvalue weighted by Gasteiger charge is 2.33. The molecule has 2 aromatic rings. The van der Waals surface area contributed by atoms with Gasteiger partial charge in [0, 0.05) is 36.8 Å². The van der Waals surface area contributed by atoms with E-state index in [1.54, 1.807) is 17.0 Å². The summed E-state index contributed by atoms with van der Waals surface area (Å²) in [6.07, 6.45) is 3.11. The van der Waals surface area contributed by atoms with E-state index in [2.05, 4.69) is 10.3 Å². The second kappa shape index (κ2) is 9.66. The fourth-order valence-electron chi connectivity index (χ4n) is 3.73. The molecule has 0 radical (unpaired) electrons. The van der Waals surface area contributed by atoms with Gasteiger partial charge in [0.05, 0.1) is 0 Å². The Morgan fingerprint density at radius 2 is 1.94 bits per heavy atom. The number of benzene rings is 1. The summed E-state index contributed by atoms with van der Waals surface area (Å²) >= 11 is 6.21. The molecule has 3 rings (SSSR count). The number of hydrogen-bond acceptors (Lipinski definition) is 5. The van der Waals surface area contributed by atoms with Crippen molar-refractivity contribution in [3.63, 3.8) is 0 Å². The third-order valence-electron chi connectivity index (χ3n) is 5.43. The molecule has 1 aromatic heterocycles. The Morgan fingerprint density at radius 1 is 1.23 bits per heavy atom. The topological polar surface area (TPSA) is 91.8 Å². The van der Waals surface area contributed by atoms with Gasteiger partial charge < -0.3 is 20.1 Å². The lowest BCUT2D eigenvalue weighted by Gasteiger charge is -2.27. The number of carbonyl (C=O) groups is 2. The molecular weight excluding hydrogens is 418 g/mol. The Bertz CT molecular complexity index is 958. The zero-order valence-corrected chi connectivity index (χ0v) is 18.8. The number of likely N-dealkylation sites (tertiary alicyclic amines) is 1. The van der Waals surface area contributed by atoms with Crippen LogP contribution in [0.25, 0.3) is 0 Å². The molecule has 1 aliphatic heterocycles. The number of amides is 2. The van der Waals surface area contributed by atoms with E-state index in [4.69, 9.17) is 16.3 Å².